The predicted molar refractivity (Wildman–Crippen MR) is 34.9 cm³/mol. The molecule has 0 amide bonds. The van der Waals surface area contributed by atoms with Crippen molar-refractivity contribution in [1.82, 2.24) is 5.32 Å². The molecule has 4 nitrogen and oxygen atoms in total. The summed E-state index contributed by atoms with van der Waals surface area (Å²) in [5.74, 6) is -0.826. The van der Waals surface area contributed by atoms with Gasteiger partial charge in [0.15, 0.2) is 0 Å². The zero-order valence-electron chi connectivity index (χ0n) is 5.89. The molecule has 1 saturated heterocycles. The first kappa shape index (κ1) is 7.50. The Kier molecular flexibility index (Phi) is 1.92. The first-order valence-electron chi connectivity index (χ1n) is 3.21. The molecule has 1 heterocycles. The van der Waals surface area contributed by atoms with Gasteiger partial charge in [0.05, 0.1) is 6.61 Å². The molecule has 2 N–H and O–H groups in total. The Hall–Kier alpha value is -0.610. The highest BCUT2D eigenvalue weighted by Crippen LogP contribution is 2.17. The van der Waals surface area contributed by atoms with Crippen LogP contribution in [-0.4, -0.2) is 36.9 Å². The molecule has 1 atom stereocenters. The Bertz CT molecular complexity index is 140. The number of carbonyl (C=O) groups is 1. The molecule has 0 aromatic rings. The van der Waals surface area contributed by atoms with E-state index in [0.29, 0.717) is 13.0 Å². The SMILES string of the molecule is CN[C@@]1(C(=O)O)CCOC1. The van der Waals surface area contributed by atoms with Gasteiger partial charge in [0.1, 0.15) is 5.54 Å². The molecule has 58 valence electrons. The van der Waals surface area contributed by atoms with Gasteiger partial charge in [-0.1, -0.05) is 0 Å². The Morgan fingerprint density at radius 2 is 2.50 bits per heavy atom. The van der Waals surface area contributed by atoms with Gasteiger partial charge in [-0.05, 0) is 7.05 Å². The van der Waals surface area contributed by atoms with E-state index in [1.807, 2.05) is 0 Å². The minimum absolute atomic E-state index is 0.277. The number of rotatable bonds is 2. The third-order valence-corrected chi connectivity index (χ3v) is 1.91. The van der Waals surface area contributed by atoms with Crippen molar-refractivity contribution in [3.63, 3.8) is 0 Å². The van der Waals surface area contributed by atoms with Crippen LogP contribution in [0, 0.1) is 0 Å². The predicted octanol–water partition coefficient (Wildman–Crippen LogP) is -0.551. The van der Waals surface area contributed by atoms with Crippen molar-refractivity contribution in [1.29, 1.82) is 0 Å². The molecular formula is C6H11NO3. The average Bonchev–Trinajstić information content (AvgIpc) is 2.35. The van der Waals surface area contributed by atoms with E-state index in [4.69, 9.17) is 9.84 Å². The molecule has 0 radical (unpaired) electrons. The second-order valence-corrected chi connectivity index (χ2v) is 2.44. The van der Waals surface area contributed by atoms with Crippen LogP contribution in [0.25, 0.3) is 0 Å². The van der Waals surface area contributed by atoms with E-state index in [2.05, 4.69) is 5.32 Å². The second kappa shape index (κ2) is 2.56. The molecule has 0 aromatic carbocycles. The molecule has 10 heavy (non-hydrogen) atoms. The minimum Gasteiger partial charge on any atom is -0.480 e. The van der Waals surface area contributed by atoms with E-state index >= 15 is 0 Å². The topological polar surface area (TPSA) is 58.6 Å². The van der Waals surface area contributed by atoms with Crippen LogP contribution in [0.2, 0.25) is 0 Å². The lowest BCUT2D eigenvalue weighted by atomic mass is 10.00. The van der Waals surface area contributed by atoms with Crippen molar-refractivity contribution in [2.24, 2.45) is 0 Å². The lowest BCUT2D eigenvalue weighted by Gasteiger charge is -2.20. The molecule has 0 aromatic heterocycles. The van der Waals surface area contributed by atoms with E-state index in [-0.39, 0.29) is 6.61 Å². The molecule has 1 rings (SSSR count). The van der Waals surface area contributed by atoms with Crippen LogP contribution < -0.4 is 5.32 Å². The zero-order valence-corrected chi connectivity index (χ0v) is 5.89. The Morgan fingerprint density at radius 1 is 1.80 bits per heavy atom. The maximum atomic E-state index is 10.6. The van der Waals surface area contributed by atoms with Crippen LogP contribution in [0.5, 0.6) is 0 Å². The summed E-state index contributed by atoms with van der Waals surface area (Å²) in [6, 6.07) is 0. The number of hydrogen-bond acceptors (Lipinski definition) is 3. The summed E-state index contributed by atoms with van der Waals surface area (Å²) in [5.41, 5.74) is -0.819. The van der Waals surface area contributed by atoms with Crippen LogP contribution >= 0.6 is 0 Å². The number of likely N-dealkylation sites (N-methyl/N-ethyl adjacent to an activating group) is 1. The smallest absolute Gasteiger partial charge is 0.326 e. The van der Waals surface area contributed by atoms with Gasteiger partial charge in [0.25, 0.3) is 0 Å². The minimum atomic E-state index is -0.826. The van der Waals surface area contributed by atoms with E-state index in [0.717, 1.165) is 0 Å². The molecule has 0 saturated carbocycles. The molecule has 1 aliphatic heterocycles. The lowest BCUT2D eigenvalue weighted by molar-refractivity contribution is -0.144. The molecule has 0 bridgehead atoms. The normalized spacial score (nSPS) is 32.5. The fourth-order valence-electron chi connectivity index (χ4n) is 1.04. The fourth-order valence-corrected chi connectivity index (χ4v) is 1.04. The first-order chi connectivity index (χ1) is 4.71. The summed E-state index contributed by atoms with van der Waals surface area (Å²) in [4.78, 5) is 10.6. The number of hydrogen-bond donors (Lipinski definition) is 2. The third kappa shape index (κ3) is 0.998. The molecular weight excluding hydrogens is 134 g/mol. The quantitative estimate of drug-likeness (QED) is 0.547. The summed E-state index contributed by atoms with van der Waals surface area (Å²) in [6.45, 7) is 0.811. The maximum Gasteiger partial charge on any atom is 0.326 e. The van der Waals surface area contributed by atoms with Crippen LogP contribution in [0.4, 0.5) is 0 Å². The van der Waals surface area contributed by atoms with Crippen molar-refractivity contribution in [2.75, 3.05) is 20.3 Å². The Labute approximate surface area is 59.2 Å². The fraction of sp³-hybridized carbons (Fsp3) is 0.833. The van der Waals surface area contributed by atoms with Crippen LogP contribution in [-0.2, 0) is 9.53 Å². The van der Waals surface area contributed by atoms with Gasteiger partial charge in [0, 0.05) is 13.0 Å². The van der Waals surface area contributed by atoms with Crippen LogP contribution in [0.1, 0.15) is 6.42 Å². The number of carboxylic acid groups (broad SMARTS) is 1. The van der Waals surface area contributed by atoms with Crippen molar-refractivity contribution in [3.05, 3.63) is 0 Å². The van der Waals surface area contributed by atoms with Gasteiger partial charge in [-0.25, -0.2) is 0 Å². The van der Waals surface area contributed by atoms with Gasteiger partial charge in [-0.3, -0.25) is 4.79 Å². The zero-order chi connectivity index (χ0) is 7.61. The highest BCUT2D eigenvalue weighted by atomic mass is 16.5. The number of carboxylic acids is 1. The largest absolute Gasteiger partial charge is 0.480 e. The van der Waals surface area contributed by atoms with Crippen LogP contribution in [0.15, 0.2) is 0 Å². The highest BCUT2D eigenvalue weighted by Gasteiger charge is 2.40. The third-order valence-electron chi connectivity index (χ3n) is 1.91. The summed E-state index contributed by atoms with van der Waals surface area (Å²) in [5, 5.41) is 11.5. The van der Waals surface area contributed by atoms with Crippen molar-refractivity contribution in [3.8, 4) is 0 Å². The summed E-state index contributed by atoms with van der Waals surface area (Å²) in [6.07, 6.45) is 0.554. The van der Waals surface area contributed by atoms with Crippen molar-refractivity contribution < 1.29 is 14.6 Å². The highest BCUT2D eigenvalue weighted by molar-refractivity contribution is 5.79. The number of nitrogens with one attached hydrogen (secondary N) is 1. The van der Waals surface area contributed by atoms with Crippen molar-refractivity contribution >= 4 is 5.97 Å². The Morgan fingerprint density at radius 3 is 2.70 bits per heavy atom. The van der Waals surface area contributed by atoms with Crippen molar-refractivity contribution in [2.45, 2.75) is 12.0 Å². The van der Waals surface area contributed by atoms with E-state index in [9.17, 15) is 4.79 Å². The monoisotopic (exact) mass is 145 g/mol. The molecule has 4 heteroatoms. The van der Waals surface area contributed by atoms with Crippen LogP contribution in [0.3, 0.4) is 0 Å². The van der Waals surface area contributed by atoms with E-state index < -0.39 is 11.5 Å². The Balaban J connectivity index is 2.67. The first-order valence-corrected chi connectivity index (χ1v) is 3.21. The second-order valence-electron chi connectivity index (χ2n) is 2.44. The number of ether oxygens (including phenoxy) is 1. The van der Waals surface area contributed by atoms with Gasteiger partial charge < -0.3 is 15.2 Å². The standard InChI is InChI=1S/C6H11NO3/c1-7-6(5(8)9)2-3-10-4-6/h7H,2-4H2,1H3,(H,8,9)/t6-/m0/s1. The summed E-state index contributed by atoms with van der Waals surface area (Å²) >= 11 is 0. The van der Waals surface area contributed by atoms with Gasteiger partial charge in [-0.2, -0.15) is 0 Å². The number of aliphatic carboxylic acids is 1. The molecule has 0 spiro atoms. The maximum absolute atomic E-state index is 10.6. The molecule has 1 aliphatic rings. The van der Waals surface area contributed by atoms with E-state index in [1.165, 1.54) is 0 Å². The molecule has 0 aliphatic carbocycles. The van der Waals surface area contributed by atoms with Gasteiger partial charge in [0.2, 0.25) is 0 Å². The van der Waals surface area contributed by atoms with Gasteiger partial charge >= 0.3 is 5.97 Å². The molecule has 1 fully saturated rings. The average molecular weight is 145 g/mol. The summed E-state index contributed by atoms with van der Waals surface area (Å²) in [7, 11) is 1.64. The summed E-state index contributed by atoms with van der Waals surface area (Å²) < 4.78 is 4.97. The van der Waals surface area contributed by atoms with Gasteiger partial charge in [-0.15, -0.1) is 0 Å². The van der Waals surface area contributed by atoms with E-state index in [1.54, 1.807) is 7.05 Å². The lowest BCUT2D eigenvalue weighted by Crippen LogP contribution is -2.50. The molecule has 0 unspecified atom stereocenters.